The van der Waals surface area contributed by atoms with E-state index in [2.05, 4.69) is 11.7 Å². The summed E-state index contributed by atoms with van der Waals surface area (Å²) in [6.07, 6.45) is 2.96. The van der Waals surface area contributed by atoms with Crippen LogP contribution in [0.25, 0.3) is 0 Å². The Morgan fingerprint density at radius 3 is 2.04 bits per heavy atom. The van der Waals surface area contributed by atoms with Crippen LogP contribution in [0.15, 0.2) is 36.4 Å². The summed E-state index contributed by atoms with van der Waals surface area (Å²) in [5.74, 6) is -4.11. The van der Waals surface area contributed by atoms with Crippen molar-refractivity contribution in [2.75, 3.05) is 0 Å². The first-order chi connectivity index (χ1) is 13.3. The first-order valence-corrected chi connectivity index (χ1v) is 9.62. The Morgan fingerprint density at radius 1 is 0.929 bits per heavy atom. The molecule has 0 spiro atoms. The lowest BCUT2D eigenvalue weighted by atomic mass is 9.77. The van der Waals surface area contributed by atoms with Gasteiger partial charge in [-0.15, -0.1) is 0 Å². The summed E-state index contributed by atoms with van der Waals surface area (Å²) in [5, 5.41) is 0. The van der Waals surface area contributed by atoms with Crippen LogP contribution in [0.4, 0.5) is 22.0 Å². The summed E-state index contributed by atoms with van der Waals surface area (Å²) >= 11 is 0. The van der Waals surface area contributed by atoms with Gasteiger partial charge in [0.15, 0.2) is 17.5 Å². The lowest BCUT2D eigenvalue weighted by Crippen LogP contribution is -2.22. The fraction of sp³-hybridized carbons (Fsp3) is 0.455. The van der Waals surface area contributed by atoms with E-state index in [1.165, 1.54) is 37.8 Å². The molecular weight excluding hydrogens is 375 g/mol. The molecule has 2 aromatic rings. The molecule has 0 aromatic heterocycles. The van der Waals surface area contributed by atoms with Crippen molar-refractivity contribution in [2.45, 2.75) is 57.5 Å². The molecule has 3 rings (SSSR count). The maximum atomic E-state index is 14.2. The van der Waals surface area contributed by atoms with Gasteiger partial charge in [-0.3, -0.25) is 0 Å². The normalized spacial score (nSPS) is 20.2. The van der Waals surface area contributed by atoms with Gasteiger partial charge in [-0.2, -0.15) is 8.78 Å². The van der Waals surface area contributed by atoms with Crippen molar-refractivity contribution in [1.82, 2.24) is 0 Å². The molecular formula is C22H23F5O. The van der Waals surface area contributed by atoms with Crippen LogP contribution in [0.3, 0.4) is 0 Å². The molecule has 0 aliphatic heterocycles. The van der Waals surface area contributed by atoms with E-state index < -0.39 is 29.1 Å². The molecule has 1 fully saturated rings. The summed E-state index contributed by atoms with van der Waals surface area (Å²) in [6, 6.07) is 6.84. The highest BCUT2D eigenvalue weighted by Gasteiger charge is 2.36. The molecule has 0 heterocycles. The van der Waals surface area contributed by atoms with Crippen LogP contribution in [0.2, 0.25) is 0 Å². The number of hydrogen-bond donors (Lipinski definition) is 0. The van der Waals surface area contributed by atoms with Gasteiger partial charge in [0.25, 0.3) is 0 Å². The van der Waals surface area contributed by atoms with E-state index in [0.717, 1.165) is 24.3 Å². The van der Waals surface area contributed by atoms with Crippen molar-refractivity contribution >= 4 is 0 Å². The average molecular weight is 398 g/mol. The van der Waals surface area contributed by atoms with Crippen LogP contribution in [-0.4, -0.2) is 0 Å². The summed E-state index contributed by atoms with van der Waals surface area (Å²) in [6.45, 7) is 2.19. The molecule has 0 atom stereocenters. The molecule has 0 N–H and O–H groups in total. The van der Waals surface area contributed by atoms with E-state index in [-0.39, 0.29) is 17.9 Å². The van der Waals surface area contributed by atoms with Crippen molar-refractivity contribution < 1.29 is 26.7 Å². The molecule has 1 saturated carbocycles. The topological polar surface area (TPSA) is 9.23 Å². The zero-order chi connectivity index (χ0) is 20.3. The van der Waals surface area contributed by atoms with Gasteiger partial charge in [-0.25, -0.2) is 13.2 Å². The second-order valence-corrected chi connectivity index (χ2v) is 7.45. The van der Waals surface area contributed by atoms with E-state index in [4.69, 9.17) is 0 Å². The predicted octanol–water partition coefficient (Wildman–Crippen LogP) is 7.31. The number of halogens is 5. The van der Waals surface area contributed by atoms with Gasteiger partial charge in [-0.1, -0.05) is 31.9 Å². The number of hydrogen-bond acceptors (Lipinski definition) is 1. The largest absolute Gasteiger partial charge is 0.429 e. The minimum Gasteiger partial charge on any atom is -0.429 e. The number of alkyl halides is 2. The molecule has 28 heavy (non-hydrogen) atoms. The lowest BCUT2D eigenvalue weighted by molar-refractivity contribution is -0.185. The Bertz CT molecular complexity index is 772. The third-order valence-electron chi connectivity index (χ3n) is 5.46. The summed E-state index contributed by atoms with van der Waals surface area (Å²) < 4.78 is 72.6. The van der Waals surface area contributed by atoms with E-state index in [1.807, 2.05) is 0 Å². The predicted molar refractivity (Wildman–Crippen MR) is 96.9 cm³/mol. The Hall–Kier alpha value is -2.11. The molecule has 6 heteroatoms. The van der Waals surface area contributed by atoms with Crippen molar-refractivity contribution in [3.63, 3.8) is 0 Å². The lowest BCUT2D eigenvalue weighted by Gasteiger charge is -2.28. The molecule has 1 nitrogen and oxygen atoms in total. The molecule has 1 aliphatic rings. The SMILES string of the molecule is CCCC1CCC(c2ccc(OC(F)(F)c3cc(F)c(F)c(F)c3)cc2)CC1. The molecule has 0 radical (unpaired) electrons. The van der Waals surface area contributed by atoms with Gasteiger partial charge in [0, 0.05) is 0 Å². The quantitative estimate of drug-likeness (QED) is 0.366. The maximum absolute atomic E-state index is 14.2. The standard InChI is InChI=1S/C22H23F5O/c1-2-3-14-4-6-15(7-5-14)16-8-10-18(11-9-16)28-22(26,27)17-12-19(23)21(25)20(24)13-17/h8-15H,2-7H2,1H3. The number of benzene rings is 2. The average Bonchev–Trinajstić information content (AvgIpc) is 2.67. The molecule has 152 valence electrons. The van der Waals surface area contributed by atoms with Gasteiger partial charge in [0.1, 0.15) is 5.75 Å². The third-order valence-corrected chi connectivity index (χ3v) is 5.46. The van der Waals surface area contributed by atoms with Gasteiger partial charge in [-0.05, 0) is 67.3 Å². The molecule has 2 aromatic carbocycles. The van der Waals surface area contributed by atoms with Crippen LogP contribution in [-0.2, 0) is 6.11 Å². The first kappa shape index (κ1) is 20.6. The van der Waals surface area contributed by atoms with Crippen molar-refractivity contribution in [2.24, 2.45) is 5.92 Å². The van der Waals surface area contributed by atoms with E-state index in [0.29, 0.717) is 5.92 Å². The zero-order valence-electron chi connectivity index (χ0n) is 15.7. The summed E-state index contributed by atoms with van der Waals surface area (Å²) in [5.41, 5.74) is -0.00768. The zero-order valence-corrected chi connectivity index (χ0v) is 15.7. The first-order valence-electron chi connectivity index (χ1n) is 9.62. The minimum absolute atomic E-state index is 0.126. The van der Waals surface area contributed by atoms with Crippen molar-refractivity contribution in [3.05, 3.63) is 65.0 Å². The Balaban J connectivity index is 1.67. The summed E-state index contributed by atoms with van der Waals surface area (Å²) in [7, 11) is 0. The minimum atomic E-state index is -3.99. The van der Waals surface area contributed by atoms with Crippen LogP contribution in [0.5, 0.6) is 5.75 Å². The van der Waals surface area contributed by atoms with E-state index in [9.17, 15) is 22.0 Å². The molecule has 0 unspecified atom stereocenters. The Labute approximate surface area is 161 Å². The Morgan fingerprint density at radius 2 is 1.50 bits per heavy atom. The van der Waals surface area contributed by atoms with Gasteiger partial charge in [0.05, 0.1) is 5.56 Å². The van der Waals surface area contributed by atoms with Crippen LogP contribution in [0.1, 0.15) is 62.5 Å². The highest BCUT2D eigenvalue weighted by molar-refractivity contribution is 5.31. The van der Waals surface area contributed by atoms with Crippen LogP contribution in [0, 0.1) is 23.4 Å². The second-order valence-electron chi connectivity index (χ2n) is 7.45. The number of ether oxygens (including phenoxy) is 1. The second kappa shape index (κ2) is 8.50. The highest BCUT2D eigenvalue weighted by atomic mass is 19.3. The third kappa shape index (κ3) is 4.65. The molecule has 1 aliphatic carbocycles. The smallest absolute Gasteiger partial charge is 0.426 e. The van der Waals surface area contributed by atoms with Gasteiger partial charge in [0.2, 0.25) is 0 Å². The van der Waals surface area contributed by atoms with Gasteiger partial charge < -0.3 is 4.74 Å². The fourth-order valence-electron chi connectivity index (χ4n) is 3.93. The molecule has 0 amide bonds. The monoisotopic (exact) mass is 398 g/mol. The van der Waals surface area contributed by atoms with Crippen molar-refractivity contribution in [3.8, 4) is 5.75 Å². The maximum Gasteiger partial charge on any atom is 0.426 e. The van der Waals surface area contributed by atoms with E-state index in [1.54, 1.807) is 12.1 Å². The summed E-state index contributed by atoms with van der Waals surface area (Å²) in [4.78, 5) is 0. The van der Waals surface area contributed by atoms with Crippen LogP contribution >= 0.6 is 0 Å². The van der Waals surface area contributed by atoms with Crippen molar-refractivity contribution in [1.29, 1.82) is 0 Å². The molecule has 0 saturated heterocycles. The number of rotatable bonds is 6. The van der Waals surface area contributed by atoms with Crippen LogP contribution < -0.4 is 4.74 Å². The Kier molecular flexibility index (Phi) is 6.26. The molecule has 0 bridgehead atoms. The van der Waals surface area contributed by atoms with Gasteiger partial charge >= 0.3 is 6.11 Å². The highest BCUT2D eigenvalue weighted by Crippen LogP contribution is 2.39. The van der Waals surface area contributed by atoms with E-state index >= 15 is 0 Å². The fourth-order valence-corrected chi connectivity index (χ4v) is 3.93.